The lowest BCUT2D eigenvalue weighted by atomic mass is 10.00. The van der Waals surface area contributed by atoms with Gasteiger partial charge in [-0.25, -0.2) is 0 Å². The van der Waals surface area contributed by atoms with Crippen LogP contribution in [0.3, 0.4) is 0 Å². The van der Waals surface area contributed by atoms with Gasteiger partial charge in [-0.3, -0.25) is 4.79 Å². The highest BCUT2D eigenvalue weighted by atomic mass is 19.4. The number of fused-ring (bicyclic) bond motifs is 1. The van der Waals surface area contributed by atoms with Crippen molar-refractivity contribution in [3.63, 3.8) is 0 Å². The number of amides is 1. The number of hydrogen-bond donors (Lipinski definition) is 1. The lowest BCUT2D eigenvalue weighted by Crippen LogP contribution is -2.44. The molecule has 2 atom stereocenters. The lowest BCUT2D eigenvalue weighted by Gasteiger charge is -2.23. The minimum absolute atomic E-state index is 0.0507. The second-order valence-electron chi connectivity index (χ2n) is 5.94. The van der Waals surface area contributed by atoms with Gasteiger partial charge in [-0.15, -0.1) is 0 Å². The molecule has 1 aromatic rings. The van der Waals surface area contributed by atoms with Gasteiger partial charge in [0, 0.05) is 17.8 Å². The first-order valence-electron chi connectivity index (χ1n) is 7.51. The summed E-state index contributed by atoms with van der Waals surface area (Å²) < 4.78 is 38.1. The van der Waals surface area contributed by atoms with Crippen molar-refractivity contribution < 1.29 is 18.0 Å². The SMILES string of the molecule is CCCC(N)Cc1ccc2c(c1)CC(C)N2C(=O)C(F)(F)F. The zero-order valence-corrected chi connectivity index (χ0v) is 12.8. The van der Waals surface area contributed by atoms with Crippen LogP contribution in [-0.2, 0) is 17.6 Å². The van der Waals surface area contributed by atoms with E-state index in [1.165, 1.54) is 0 Å². The van der Waals surface area contributed by atoms with Crippen molar-refractivity contribution in [1.82, 2.24) is 0 Å². The number of halogens is 3. The third kappa shape index (κ3) is 3.43. The van der Waals surface area contributed by atoms with E-state index < -0.39 is 18.1 Å². The van der Waals surface area contributed by atoms with Crippen molar-refractivity contribution in [2.24, 2.45) is 5.73 Å². The van der Waals surface area contributed by atoms with Crippen molar-refractivity contribution in [3.05, 3.63) is 29.3 Å². The third-order valence-corrected chi connectivity index (χ3v) is 3.98. The second kappa shape index (κ2) is 6.28. The average Bonchev–Trinajstić information content (AvgIpc) is 2.72. The molecule has 1 heterocycles. The minimum atomic E-state index is -4.85. The smallest absolute Gasteiger partial charge is 0.327 e. The predicted octanol–water partition coefficient (Wildman–Crippen LogP) is 3.20. The number of hydrogen-bond acceptors (Lipinski definition) is 2. The van der Waals surface area contributed by atoms with E-state index in [-0.39, 0.29) is 6.04 Å². The summed E-state index contributed by atoms with van der Waals surface area (Å²) in [5.74, 6) is -1.80. The molecule has 1 aromatic carbocycles. The van der Waals surface area contributed by atoms with Crippen molar-refractivity contribution >= 4 is 11.6 Å². The van der Waals surface area contributed by atoms with Gasteiger partial charge in [0.25, 0.3) is 0 Å². The molecule has 2 N–H and O–H groups in total. The minimum Gasteiger partial charge on any atom is -0.327 e. The first-order valence-corrected chi connectivity index (χ1v) is 7.51. The highest BCUT2D eigenvalue weighted by Crippen LogP contribution is 2.36. The van der Waals surface area contributed by atoms with Crippen LogP contribution in [0.5, 0.6) is 0 Å². The fraction of sp³-hybridized carbons (Fsp3) is 0.562. The maximum Gasteiger partial charge on any atom is 0.471 e. The summed E-state index contributed by atoms with van der Waals surface area (Å²) in [7, 11) is 0. The van der Waals surface area contributed by atoms with Crippen molar-refractivity contribution in [2.45, 2.75) is 57.8 Å². The fourth-order valence-corrected chi connectivity index (χ4v) is 3.03. The Hall–Kier alpha value is -1.56. The molecular weight excluding hydrogens is 293 g/mol. The summed E-state index contributed by atoms with van der Waals surface area (Å²) in [4.78, 5) is 12.4. The molecule has 0 fully saturated rings. The maximum atomic E-state index is 12.7. The molecule has 2 unspecified atom stereocenters. The first-order chi connectivity index (χ1) is 10.2. The van der Waals surface area contributed by atoms with E-state index in [4.69, 9.17) is 5.73 Å². The first kappa shape index (κ1) is 16.8. The average molecular weight is 314 g/mol. The third-order valence-electron chi connectivity index (χ3n) is 3.98. The van der Waals surface area contributed by atoms with Crippen molar-refractivity contribution in [3.8, 4) is 0 Å². The Morgan fingerprint density at radius 3 is 2.73 bits per heavy atom. The molecule has 3 nitrogen and oxygen atoms in total. The van der Waals surface area contributed by atoms with Gasteiger partial charge >= 0.3 is 12.1 Å². The molecule has 1 aliphatic heterocycles. The van der Waals surface area contributed by atoms with Crippen molar-refractivity contribution in [2.75, 3.05) is 4.90 Å². The molecule has 6 heteroatoms. The number of benzene rings is 1. The Morgan fingerprint density at radius 2 is 2.14 bits per heavy atom. The Bertz CT molecular complexity index is 557. The summed E-state index contributed by atoms with van der Waals surface area (Å²) in [6.45, 7) is 3.69. The van der Waals surface area contributed by atoms with Crippen LogP contribution in [0.25, 0.3) is 0 Å². The topological polar surface area (TPSA) is 46.3 Å². The summed E-state index contributed by atoms with van der Waals surface area (Å²) in [6, 6.07) is 4.82. The largest absolute Gasteiger partial charge is 0.471 e. The van der Waals surface area contributed by atoms with Crippen LogP contribution >= 0.6 is 0 Å². The number of carbonyl (C=O) groups excluding carboxylic acids is 1. The zero-order chi connectivity index (χ0) is 16.5. The van der Waals surface area contributed by atoms with Gasteiger partial charge in [-0.05, 0) is 43.4 Å². The van der Waals surface area contributed by atoms with E-state index in [2.05, 4.69) is 6.92 Å². The maximum absolute atomic E-state index is 12.7. The summed E-state index contributed by atoms with van der Waals surface area (Å²) in [5, 5.41) is 0. The van der Waals surface area contributed by atoms with E-state index in [1.807, 2.05) is 6.07 Å². The van der Waals surface area contributed by atoms with Gasteiger partial charge in [0.2, 0.25) is 0 Å². The van der Waals surface area contributed by atoms with E-state index in [1.54, 1.807) is 19.1 Å². The number of rotatable bonds is 4. The molecule has 0 spiro atoms. The van der Waals surface area contributed by atoms with Crippen LogP contribution in [0.1, 0.15) is 37.8 Å². The number of carbonyl (C=O) groups is 1. The molecule has 22 heavy (non-hydrogen) atoms. The lowest BCUT2D eigenvalue weighted by molar-refractivity contribution is -0.170. The monoisotopic (exact) mass is 314 g/mol. The van der Waals surface area contributed by atoms with E-state index in [0.29, 0.717) is 18.5 Å². The van der Waals surface area contributed by atoms with Crippen LogP contribution in [0.15, 0.2) is 18.2 Å². The van der Waals surface area contributed by atoms with Gasteiger partial charge in [0.05, 0.1) is 0 Å². The highest BCUT2D eigenvalue weighted by molar-refractivity contribution is 5.99. The molecule has 0 radical (unpaired) electrons. The summed E-state index contributed by atoms with van der Waals surface area (Å²) in [5.41, 5.74) is 8.16. The number of alkyl halides is 3. The summed E-state index contributed by atoms with van der Waals surface area (Å²) >= 11 is 0. The molecule has 0 aliphatic carbocycles. The molecule has 0 saturated heterocycles. The molecule has 0 saturated carbocycles. The number of anilines is 1. The Morgan fingerprint density at radius 1 is 1.45 bits per heavy atom. The second-order valence-corrected chi connectivity index (χ2v) is 5.94. The Labute approximate surface area is 128 Å². The van der Waals surface area contributed by atoms with Gasteiger partial charge in [-0.1, -0.05) is 25.5 Å². The molecule has 0 bridgehead atoms. The normalized spacial score (nSPS) is 19.2. The Balaban J connectivity index is 2.23. The van der Waals surface area contributed by atoms with Gasteiger partial charge in [0.15, 0.2) is 0 Å². The molecule has 2 rings (SSSR count). The standard InChI is InChI=1S/C16H21F3N2O/c1-3-4-13(20)9-11-5-6-14-12(8-11)7-10(2)21(14)15(22)16(17,18)19/h5-6,8,10,13H,3-4,7,9,20H2,1-2H3. The van der Waals surface area contributed by atoms with Gasteiger partial charge in [0.1, 0.15) is 0 Å². The zero-order valence-electron chi connectivity index (χ0n) is 12.8. The quantitative estimate of drug-likeness (QED) is 0.927. The molecule has 1 amide bonds. The Kier molecular flexibility index (Phi) is 4.80. The van der Waals surface area contributed by atoms with Crippen LogP contribution in [0, 0.1) is 0 Å². The van der Waals surface area contributed by atoms with Crippen LogP contribution in [0.2, 0.25) is 0 Å². The van der Waals surface area contributed by atoms with E-state index in [9.17, 15) is 18.0 Å². The van der Waals surface area contributed by atoms with Crippen LogP contribution < -0.4 is 10.6 Å². The fourth-order valence-electron chi connectivity index (χ4n) is 3.03. The molecule has 122 valence electrons. The number of nitrogens with zero attached hydrogens (tertiary/aromatic N) is 1. The van der Waals surface area contributed by atoms with Crippen molar-refractivity contribution in [1.29, 1.82) is 0 Å². The highest BCUT2D eigenvalue weighted by Gasteiger charge is 2.46. The van der Waals surface area contributed by atoms with E-state index in [0.717, 1.165) is 28.9 Å². The molecular formula is C16H21F3N2O. The summed E-state index contributed by atoms with van der Waals surface area (Å²) in [6.07, 6.45) is -1.81. The van der Waals surface area contributed by atoms with Gasteiger partial charge in [-0.2, -0.15) is 13.2 Å². The molecule has 1 aliphatic rings. The van der Waals surface area contributed by atoms with Crippen LogP contribution in [-0.4, -0.2) is 24.2 Å². The van der Waals surface area contributed by atoms with Gasteiger partial charge < -0.3 is 10.6 Å². The van der Waals surface area contributed by atoms with Crippen LogP contribution in [0.4, 0.5) is 18.9 Å². The predicted molar refractivity (Wildman–Crippen MR) is 79.7 cm³/mol. The van der Waals surface area contributed by atoms with E-state index >= 15 is 0 Å². The molecule has 0 aromatic heterocycles. The number of nitrogens with two attached hydrogens (primary N) is 1.